The summed E-state index contributed by atoms with van der Waals surface area (Å²) in [5.74, 6) is 0.658. The smallest absolute Gasteiger partial charge is 0.252 e. The molecule has 1 aromatic rings. The minimum absolute atomic E-state index is 0.107. The highest BCUT2D eigenvalue weighted by atomic mass is 16.5. The molecule has 116 valence electrons. The Morgan fingerprint density at radius 2 is 2.43 bits per heavy atom. The molecule has 6 heteroatoms. The van der Waals surface area contributed by atoms with Gasteiger partial charge in [0.15, 0.2) is 0 Å². The third-order valence-corrected chi connectivity index (χ3v) is 3.37. The van der Waals surface area contributed by atoms with Crippen LogP contribution >= 0.6 is 0 Å². The quantitative estimate of drug-likeness (QED) is 0.710. The molecule has 1 aliphatic heterocycles. The highest BCUT2D eigenvalue weighted by Gasteiger charge is 2.16. The van der Waals surface area contributed by atoms with E-state index in [9.17, 15) is 4.79 Å². The van der Waals surface area contributed by atoms with Gasteiger partial charge in [-0.1, -0.05) is 0 Å². The van der Waals surface area contributed by atoms with Crippen molar-refractivity contribution in [3.8, 4) is 0 Å². The van der Waals surface area contributed by atoms with E-state index in [1.54, 1.807) is 19.4 Å². The summed E-state index contributed by atoms with van der Waals surface area (Å²) in [6.07, 6.45) is 4.75. The number of carbonyl (C=O) groups excluding carboxylic acids is 1. The SMILES string of the molecule is COCCCNc1ccc(C(=O)NCC2CCCO2)cn1. The number of aromatic nitrogens is 1. The van der Waals surface area contributed by atoms with E-state index in [0.717, 1.165) is 44.8 Å². The molecule has 21 heavy (non-hydrogen) atoms. The second-order valence-corrected chi connectivity index (χ2v) is 5.05. The van der Waals surface area contributed by atoms with Crippen LogP contribution in [0, 0.1) is 0 Å². The van der Waals surface area contributed by atoms with Gasteiger partial charge in [0.1, 0.15) is 5.82 Å². The maximum absolute atomic E-state index is 12.0. The molecule has 1 atom stereocenters. The second kappa shape index (κ2) is 8.59. The first-order valence-electron chi connectivity index (χ1n) is 7.38. The first-order chi connectivity index (χ1) is 10.3. The molecule has 2 heterocycles. The minimum atomic E-state index is -0.107. The molecule has 1 amide bonds. The summed E-state index contributed by atoms with van der Waals surface area (Å²) in [6, 6.07) is 3.59. The minimum Gasteiger partial charge on any atom is -0.385 e. The van der Waals surface area contributed by atoms with E-state index in [1.807, 2.05) is 6.07 Å². The van der Waals surface area contributed by atoms with Gasteiger partial charge in [0.05, 0.1) is 11.7 Å². The van der Waals surface area contributed by atoms with Gasteiger partial charge in [-0.25, -0.2) is 4.98 Å². The number of nitrogens with one attached hydrogen (secondary N) is 2. The van der Waals surface area contributed by atoms with E-state index in [-0.39, 0.29) is 12.0 Å². The van der Waals surface area contributed by atoms with Gasteiger partial charge >= 0.3 is 0 Å². The summed E-state index contributed by atoms with van der Waals surface area (Å²) in [7, 11) is 1.68. The van der Waals surface area contributed by atoms with Crippen LogP contribution in [0.3, 0.4) is 0 Å². The number of hydrogen-bond donors (Lipinski definition) is 2. The predicted molar refractivity (Wildman–Crippen MR) is 80.5 cm³/mol. The molecule has 1 aromatic heterocycles. The van der Waals surface area contributed by atoms with Crippen molar-refractivity contribution in [2.75, 3.05) is 38.7 Å². The molecule has 2 N–H and O–H groups in total. The Bertz CT molecular complexity index is 430. The molecule has 1 unspecified atom stereocenters. The summed E-state index contributed by atoms with van der Waals surface area (Å²) >= 11 is 0. The lowest BCUT2D eigenvalue weighted by molar-refractivity contribution is 0.0857. The number of amides is 1. The van der Waals surface area contributed by atoms with Crippen molar-refractivity contribution < 1.29 is 14.3 Å². The van der Waals surface area contributed by atoms with Crippen LogP contribution in [-0.2, 0) is 9.47 Å². The highest BCUT2D eigenvalue weighted by molar-refractivity contribution is 5.94. The van der Waals surface area contributed by atoms with Gasteiger partial charge in [-0.05, 0) is 31.4 Å². The Labute approximate surface area is 125 Å². The fourth-order valence-corrected chi connectivity index (χ4v) is 2.18. The Morgan fingerprint density at radius 3 is 3.10 bits per heavy atom. The van der Waals surface area contributed by atoms with Crippen LogP contribution in [0.4, 0.5) is 5.82 Å². The van der Waals surface area contributed by atoms with Crippen LogP contribution in [-0.4, -0.2) is 50.4 Å². The van der Waals surface area contributed by atoms with Crippen LogP contribution < -0.4 is 10.6 Å². The molecule has 1 aliphatic rings. The number of methoxy groups -OCH3 is 1. The number of anilines is 1. The zero-order chi connectivity index (χ0) is 14.9. The van der Waals surface area contributed by atoms with E-state index >= 15 is 0 Å². The van der Waals surface area contributed by atoms with Gasteiger partial charge in [0.2, 0.25) is 0 Å². The van der Waals surface area contributed by atoms with E-state index in [0.29, 0.717) is 12.1 Å². The fraction of sp³-hybridized carbons (Fsp3) is 0.600. The number of rotatable bonds is 8. The normalized spacial score (nSPS) is 17.7. The van der Waals surface area contributed by atoms with E-state index in [1.165, 1.54) is 0 Å². The van der Waals surface area contributed by atoms with Crippen molar-refractivity contribution in [2.45, 2.75) is 25.4 Å². The topological polar surface area (TPSA) is 72.5 Å². The molecule has 0 saturated carbocycles. The lowest BCUT2D eigenvalue weighted by Crippen LogP contribution is -2.31. The summed E-state index contributed by atoms with van der Waals surface area (Å²) in [4.78, 5) is 16.2. The number of hydrogen-bond acceptors (Lipinski definition) is 5. The van der Waals surface area contributed by atoms with Crippen molar-refractivity contribution in [3.05, 3.63) is 23.9 Å². The molecular weight excluding hydrogens is 270 g/mol. The third-order valence-electron chi connectivity index (χ3n) is 3.37. The van der Waals surface area contributed by atoms with Crippen LogP contribution in [0.25, 0.3) is 0 Å². The third kappa shape index (κ3) is 5.32. The largest absolute Gasteiger partial charge is 0.385 e. The highest BCUT2D eigenvalue weighted by Crippen LogP contribution is 2.11. The molecule has 0 bridgehead atoms. The van der Waals surface area contributed by atoms with E-state index in [4.69, 9.17) is 9.47 Å². The molecule has 1 saturated heterocycles. The lowest BCUT2D eigenvalue weighted by Gasteiger charge is -2.11. The summed E-state index contributed by atoms with van der Waals surface area (Å²) in [5, 5.41) is 6.06. The monoisotopic (exact) mass is 293 g/mol. The van der Waals surface area contributed by atoms with Crippen LogP contribution in [0.5, 0.6) is 0 Å². The van der Waals surface area contributed by atoms with Gasteiger partial charge < -0.3 is 20.1 Å². The summed E-state index contributed by atoms with van der Waals surface area (Å²) in [6.45, 7) is 2.88. The maximum Gasteiger partial charge on any atom is 0.252 e. The first kappa shape index (κ1) is 15.7. The standard InChI is InChI=1S/C15H23N3O3/c1-20-8-3-7-16-14-6-5-12(10-17-14)15(19)18-11-13-4-2-9-21-13/h5-6,10,13H,2-4,7-9,11H2,1H3,(H,16,17)(H,18,19). The van der Waals surface area contributed by atoms with Gasteiger partial charge in [-0.2, -0.15) is 0 Å². The molecule has 0 radical (unpaired) electrons. The number of ether oxygens (including phenoxy) is 2. The Morgan fingerprint density at radius 1 is 1.52 bits per heavy atom. The molecule has 0 aliphatic carbocycles. The van der Waals surface area contributed by atoms with Gasteiger partial charge in [-0.3, -0.25) is 4.79 Å². The van der Waals surface area contributed by atoms with Crippen LogP contribution in [0.15, 0.2) is 18.3 Å². The van der Waals surface area contributed by atoms with Gasteiger partial charge in [0.25, 0.3) is 5.91 Å². The fourth-order valence-electron chi connectivity index (χ4n) is 2.18. The average Bonchev–Trinajstić information content (AvgIpc) is 3.03. The molecule has 1 fully saturated rings. The molecule has 0 spiro atoms. The van der Waals surface area contributed by atoms with Crippen LogP contribution in [0.2, 0.25) is 0 Å². The predicted octanol–water partition coefficient (Wildman–Crippen LogP) is 1.44. The Kier molecular flexibility index (Phi) is 6.43. The lowest BCUT2D eigenvalue weighted by atomic mass is 10.2. The van der Waals surface area contributed by atoms with Gasteiger partial charge in [-0.15, -0.1) is 0 Å². The Balaban J connectivity index is 1.73. The number of carbonyl (C=O) groups is 1. The summed E-state index contributed by atoms with van der Waals surface area (Å²) in [5.41, 5.74) is 0.565. The van der Waals surface area contributed by atoms with Crippen molar-refractivity contribution in [2.24, 2.45) is 0 Å². The zero-order valence-electron chi connectivity index (χ0n) is 12.4. The average molecular weight is 293 g/mol. The van der Waals surface area contributed by atoms with E-state index < -0.39 is 0 Å². The summed E-state index contributed by atoms with van der Waals surface area (Å²) < 4.78 is 10.4. The number of nitrogens with zero attached hydrogens (tertiary/aromatic N) is 1. The molecular formula is C15H23N3O3. The van der Waals surface area contributed by atoms with Crippen molar-refractivity contribution in [1.29, 1.82) is 0 Å². The second-order valence-electron chi connectivity index (χ2n) is 5.05. The van der Waals surface area contributed by atoms with Crippen molar-refractivity contribution >= 4 is 11.7 Å². The van der Waals surface area contributed by atoms with E-state index in [2.05, 4.69) is 15.6 Å². The van der Waals surface area contributed by atoms with Crippen LogP contribution in [0.1, 0.15) is 29.6 Å². The molecule has 6 nitrogen and oxygen atoms in total. The Hall–Kier alpha value is -1.66. The molecule has 2 rings (SSSR count). The number of pyridine rings is 1. The zero-order valence-corrected chi connectivity index (χ0v) is 12.4. The molecule has 0 aromatic carbocycles. The van der Waals surface area contributed by atoms with Crippen molar-refractivity contribution in [1.82, 2.24) is 10.3 Å². The van der Waals surface area contributed by atoms with Gasteiger partial charge in [0, 0.05) is 39.6 Å². The van der Waals surface area contributed by atoms with Crippen molar-refractivity contribution in [3.63, 3.8) is 0 Å². The first-order valence-corrected chi connectivity index (χ1v) is 7.38. The maximum atomic E-state index is 12.0.